The van der Waals surface area contributed by atoms with Crippen LogP contribution in [0.25, 0.3) is 0 Å². The van der Waals surface area contributed by atoms with Gasteiger partial charge in [-0.3, -0.25) is 9.59 Å². The summed E-state index contributed by atoms with van der Waals surface area (Å²) in [6.07, 6.45) is 2.31. The number of piperazine rings is 1. The second-order valence-corrected chi connectivity index (χ2v) is 7.43. The standard InChI is InChI=1S/C21H33N5O2.HI/c1-4-22-21(24-11-5-6-16(2)3)25-14-17-7-9-18(10-8-17)20(28)26-13-12-23-19(27)15-26;/h7-10,16H,4-6,11-15H2,1-3H3,(H,23,27)(H2,22,24,25);1H. The number of nitrogens with zero attached hydrogens (tertiary/aromatic N) is 2. The van der Waals surface area contributed by atoms with Crippen molar-refractivity contribution in [2.24, 2.45) is 10.9 Å². The first kappa shape index (κ1) is 25.2. The first-order chi connectivity index (χ1) is 13.5. The third-order valence-corrected chi connectivity index (χ3v) is 4.54. The summed E-state index contributed by atoms with van der Waals surface area (Å²) in [4.78, 5) is 30.2. The summed E-state index contributed by atoms with van der Waals surface area (Å²) in [7, 11) is 0. The Morgan fingerprint density at radius 3 is 2.59 bits per heavy atom. The van der Waals surface area contributed by atoms with Crippen LogP contribution in [0.1, 0.15) is 49.5 Å². The van der Waals surface area contributed by atoms with Crippen molar-refractivity contribution in [1.29, 1.82) is 0 Å². The average molecular weight is 515 g/mol. The fraction of sp³-hybridized carbons (Fsp3) is 0.571. The van der Waals surface area contributed by atoms with E-state index in [4.69, 9.17) is 0 Å². The number of aliphatic imine (C=N–C) groups is 1. The molecule has 1 aliphatic heterocycles. The molecular formula is C21H34IN5O2. The Morgan fingerprint density at radius 1 is 1.24 bits per heavy atom. The summed E-state index contributed by atoms with van der Waals surface area (Å²) in [5.41, 5.74) is 1.63. The third-order valence-electron chi connectivity index (χ3n) is 4.54. The first-order valence-electron chi connectivity index (χ1n) is 10.2. The number of hydrogen-bond acceptors (Lipinski definition) is 3. The lowest BCUT2D eigenvalue weighted by atomic mass is 10.1. The summed E-state index contributed by atoms with van der Waals surface area (Å²) in [5.74, 6) is 1.31. The number of nitrogens with one attached hydrogen (secondary N) is 3. The topological polar surface area (TPSA) is 85.8 Å². The molecule has 0 unspecified atom stereocenters. The van der Waals surface area contributed by atoms with Crippen LogP contribution in [-0.2, 0) is 11.3 Å². The summed E-state index contributed by atoms with van der Waals surface area (Å²) < 4.78 is 0. The quantitative estimate of drug-likeness (QED) is 0.215. The molecule has 0 bridgehead atoms. The molecule has 162 valence electrons. The van der Waals surface area contributed by atoms with E-state index in [0.29, 0.717) is 31.1 Å². The molecule has 29 heavy (non-hydrogen) atoms. The van der Waals surface area contributed by atoms with Gasteiger partial charge in [-0.25, -0.2) is 4.99 Å². The Morgan fingerprint density at radius 2 is 1.97 bits per heavy atom. The zero-order chi connectivity index (χ0) is 20.4. The van der Waals surface area contributed by atoms with E-state index >= 15 is 0 Å². The number of carbonyl (C=O) groups is 2. The molecule has 3 N–H and O–H groups in total. The lowest BCUT2D eigenvalue weighted by molar-refractivity contribution is -0.123. The Bertz CT molecular complexity index is 676. The summed E-state index contributed by atoms with van der Waals surface area (Å²) in [5, 5.41) is 9.35. The molecule has 0 aromatic heterocycles. The largest absolute Gasteiger partial charge is 0.357 e. The number of halogens is 1. The Hall–Kier alpha value is -1.84. The number of hydrogen-bond donors (Lipinski definition) is 3. The predicted octanol–water partition coefficient (Wildman–Crippen LogP) is 2.37. The molecule has 2 amide bonds. The minimum Gasteiger partial charge on any atom is -0.357 e. The van der Waals surface area contributed by atoms with E-state index in [1.165, 1.54) is 6.42 Å². The van der Waals surface area contributed by atoms with Crippen LogP contribution in [0, 0.1) is 5.92 Å². The van der Waals surface area contributed by atoms with Gasteiger partial charge in [0.25, 0.3) is 5.91 Å². The van der Waals surface area contributed by atoms with Crippen molar-refractivity contribution in [3.05, 3.63) is 35.4 Å². The molecule has 1 heterocycles. The van der Waals surface area contributed by atoms with Gasteiger partial charge in [-0.2, -0.15) is 0 Å². The monoisotopic (exact) mass is 515 g/mol. The molecule has 1 saturated heterocycles. The molecule has 1 fully saturated rings. The average Bonchev–Trinajstić information content (AvgIpc) is 2.69. The zero-order valence-corrected chi connectivity index (χ0v) is 20.0. The molecular weight excluding hydrogens is 481 g/mol. The number of amides is 2. The number of guanidine groups is 1. The van der Waals surface area contributed by atoms with Crippen molar-refractivity contribution in [3.63, 3.8) is 0 Å². The minimum absolute atomic E-state index is 0. The van der Waals surface area contributed by atoms with Crippen molar-refractivity contribution in [1.82, 2.24) is 20.9 Å². The number of rotatable bonds is 8. The maximum absolute atomic E-state index is 12.5. The van der Waals surface area contributed by atoms with Crippen LogP contribution >= 0.6 is 24.0 Å². The molecule has 1 aliphatic rings. The molecule has 0 spiro atoms. The van der Waals surface area contributed by atoms with Gasteiger partial charge in [0.2, 0.25) is 5.91 Å². The van der Waals surface area contributed by atoms with Crippen molar-refractivity contribution >= 4 is 41.8 Å². The summed E-state index contributed by atoms with van der Waals surface area (Å²) in [6, 6.07) is 7.46. The molecule has 0 radical (unpaired) electrons. The molecule has 1 aromatic carbocycles. The van der Waals surface area contributed by atoms with Crippen LogP contribution in [0.4, 0.5) is 0 Å². The van der Waals surface area contributed by atoms with Gasteiger partial charge in [0.05, 0.1) is 13.1 Å². The predicted molar refractivity (Wildman–Crippen MR) is 128 cm³/mol. The molecule has 2 rings (SSSR count). The van der Waals surface area contributed by atoms with Gasteiger partial charge in [0.1, 0.15) is 0 Å². The first-order valence-corrected chi connectivity index (χ1v) is 10.2. The van der Waals surface area contributed by atoms with Crippen molar-refractivity contribution in [2.75, 3.05) is 32.7 Å². The molecule has 0 aliphatic carbocycles. The molecule has 7 nitrogen and oxygen atoms in total. The normalized spacial score (nSPS) is 14.3. The van der Waals surface area contributed by atoms with Gasteiger partial charge in [0.15, 0.2) is 5.96 Å². The maximum atomic E-state index is 12.5. The Kier molecular flexibility index (Phi) is 11.6. The van der Waals surface area contributed by atoms with Crippen LogP contribution in [0.3, 0.4) is 0 Å². The van der Waals surface area contributed by atoms with Gasteiger partial charge in [-0.1, -0.05) is 26.0 Å². The highest BCUT2D eigenvalue weighted by Gasteiger charge is 2.21. The van der Waals surface area contributed by atoms with E-state index in [0.717, 1.165) is 31.0 Å². The minimum atomic E-state index is -0.109. The lowest BCUT2D eigenvalue weighted by Crippen LogP contribution is -2.49. The smallest absolute Gasteiger partial charge is 0.254 e. The van der Waals surface area contributed by atoms with E-state index in [-0.39, 0.29) is 42.3 Å². The van der Waals surface area contributed by atoms with Crippen LogP contribution < -0.4 is 16.0 Å². The molecule has 1 aromatic rings. The van der Waals surface area contributed by atoms with Gasteiger partial charge < -0.3 is 20.9 Å². The SMILES string of the molecule is CCNC(=NCc1ccc(C(=O)N2CCNC(=O)C2)cc1)NCCCC(C)C.I. The lowest BCUT2D eigenvalue weighted by Gasteiger charge is -2.26. The van der Waals surface area contributed by atoms with Gasteiger partial charge in [-0.15, -0.1) is 24.0 Å². The molecule has 0 atom stereocenters. The van der Waals surface area contributed by atoms with E-state index in [1.807, 2.05) is 31.2 Å². The number of carbonyl (C=O) groups excluding carboxylic acids is 2. The highest BCUT2D eigenvalue weighted by Crippen LogP contribution is 2.10. The van der Waals surface area contributed by atoms with E-state index in [9.17, 15) is 9.59 Å². The molecule has 8 heteroatoms. The Balaban J connectivity index is 0.00000420. The van der Waals surface area contributed by atoms with Crippen LogP contribution in [-0.4, -0.2) is 55.4 Å². The van der Waals surface area contributed by atoms with E-state index in [2.05, 4.69) is 34.8 Å². The summed E-state index contributed by atoms with van der Waals surface area (Å²) >= 11 is 0. The van der Waals surface area contributed by atoms with Gasteiger partial charge in [-0.05, 0) is 43.4 Å². The number of benzene rings is 1. The maximum Gasteiger partial charge on any atom is 0.254 e. The third kappa shape index (κ3) is 9.01. The van der Waals surface area contributed by atoms with E-state index < -0.39 is 0 Å². The zero-order valence-electron chi connectivity index (χ0n) is 17.7. The van der Waals surface area contributed by atoms with Gasteiger partial charge in [0, 0.05) is 31.7 Å². The van der Waals surface area contributed by atoms with E-state index in [1.54, 1.807) is 4.90 Å². The molecule has 0 saturated carbocycles. The van der Waals surface area contributed by atoms with Crippen LogP contribution in [0.2, 0.25) is 0 Å². The highest BCUT2D eigenvalue weighted by atomic mass is 127. The fourth-order valence-electron chi connectivity index (χ4n) is 2.98. The second-order valence-electron chi connectivity index (χ2n) is 7.43. The highest BCUT2D eigenvalue weighted by molar-refractivity contribution is 14.0. The van der Waals surface area contributed by atoms with Crippen molar-refractivity contribution in [2.45, 2.75) is 40.2 Å². The Labute approximate surface area is 191 Å². The van der Waals surface area contributed by atoms with Crippen molar-refractivity contribution < 1.29 is 9.59 Å². The summed E-state index contributed by atoms with van der Waals surface area (Å²) in [6.45, 7) is 9.95. The van der Waals surface area contributed by atoms with Crippen LogP contribution in [0.15, 0.2) is 29.3 Å². The van der Waals surface area contributed by atoms with Crippen LogP contribution in [0.5, 0.6) is 0 Å². The second kappa shape index (κ2) is 13.4. The fourth-order valence-corrected chi connectivity index (χ4v) is 2.98. The van der Waals surface area contributed by atoms with Crippen molar-refractivity contribution in [3.8, 4) is 0 Å². The van der Waals surface area contributed by atoms with Gasteiger partial charge >= 0.3 is 0 Å².